The lowest BCUT2D eigenvalue weighted by Crippen LogP contribution is -2.25. The molecule has 0 atom stereocenters. The molecule has 4 rings (SSSR count). The molecule has 246 valence electrons. The molecule has 1 saturated carbocycles. The predicted octanol–water partition coefficient (Wildman–Crippen LogP) is 12.9. The van der Waals surface area contributed by atoms with Crippen LogP contribution in [0, 0.1) is 11.8 Å². The lowest BCUT2D eigenvalue weighted by atomic mass is 9.80. The second-order valence-electron chi connectivity index (χ2n) is 12.5. The van der Waals surface area contributed by atoms with Gasteiger partial charge in [0.05, 0.1) is 35.3 Å². The first kappa shape index (κ1) is 35.0. The zero-order chi connectivity index (χ0) is 32.2. The van der Waals surface area contributed by atoms with E-state index in [1.807, 2.05) is 60.7 Å². The smallest absolute Gasteiger partial charge is 0.314 e. The minimum atomic E-state index is -0.109. The average Bonchev–Trinajstić information content (AvgIpc) is 3.09. The Morgan fingerprint density at radius 1 is 0.565 bits per heavy atom. The van der Waals surface area contributed by atoms with Crippen LogP contribution in [0.5, 0.6) is 11.5 Å². The number of hydrogen-bond acceptors (Lipinski definition) is 7. The number of carbonyl (C=O) groups excluding carboxylic acids is 1. The maximum atomic E-state index is 12.8. The number of azo groups is 2. The average molecular weight is 625 g/mol. The lowest BCUT2D eigenvalue weighted by molar-refractivity contribution is -0.140. The molecular weight excluding hydrogens is 572 g/mol. The van der Waals surface area contributed by atoms with E-state index in [9.17, 15) is 4.79 Å². The van der Waals surface area contributed by atoms with Gasteiger partial charge in [0, 0.05) is 0 Å². The molecule has 0 amide bonds. The molecule has 3 aromatic carbocycles. The van der Waals surface area contributed by atoms with E-state index in [2.05, 4.69) is 34.3 Å². The van der Waals surface area contributed by atoms with Gasteiger partial charge in [-0.15, -0.1) is 0 Å². The summed E-state index contributed by atoms with van der Waals surface area (Å²) in [5.74, 6) is 2.08. The van der Waals surface area contributed by atoms with Crippen molar-refractivity contribution in [2.45, 2.75) is 110 Å². The van der Waals surface area contributed by atoms with E-state index in [0.717, 1.165) is 61.8 Å². The van der Waals surface area contributed by atoms with Gasteiger partial charge in [0.25, 0.3) is 0 Å². The number of ether oxygens (including phenoxy) is 2. The molecule has 7 nitrogen and oxygen atoms in total. The second-order valence-corrected chi connectivity index (χ2v) is 12.5. The zero-order valence-corrected chi connectivity index (χ0v) is 27.9. The van der Waals surface area contributed by atoms with Crippen molar-refractivity contribution in [3.8, 4) is 11.5 Å². The Balaban J connectivity index is 1.15. The summed E-state index contributed by atoms with van der Waals surface area (Å²) in [7, 11) is 0. The van der Waals surface area contributed by atoms with Crippen LogP contribution in [0.1, 0.15) is 110 Å². The third-order valence-electron chi connectivity index (χ3n) is 8.72. The van der Waals surface area contributed by atoms with Gasteiger partial charge in [0.2, 0.25) is 0 Å². The van der Waals surface area contributed by atoms with Gasteiger partial charge in [-0.1, -0.05) is 78.1 Å². The van der Waals surface area contributed by atoms with Gasteiger partial charge in [-0.05, 0) is 111 Å². The van der Waals surface area contributed by atoms with Crippen molar-refractivity contribution >= 4 is 28.7 Å². The molecule has 1 aliphatic carbocycles. The van der Waals surface area contributed by atoms with E-state index in [1.54, 1.807) is 12.1 Å². The minimum absolute atomic E-state index is 0.00748. The Morgan fingerprint density at radius 3 is 1.50 bits per heavy atom. The normalized spacial score (nSPS) is 16.7. The van der Waals surface area contributed by atoms with Crippen molar-refractivity contribution in [2.75, 3.05) is 6.61 Å². The Kier molecular flexibility index (Phi) is 15.4. The molecule has 0 bridgehead atoms. The van der Waals surface area contributed by atoms with Crippen molar-refractivity contribution in [1.29, 1.82) is 0 Å². The van der Waals surface area contributed by atoms with Gasteiger partial charge in [-0.3, -0.25) is 4.79 Å². The molecule has 0 saturated heterocycles. The van der Waals surface area contributed by atoms with E-state index >= 15 is 0 Å². The van der Waals surface area contributed by atoms with Crippen LogP contribution in [0.2, 0.25) is 0 Å². The molecule has 0 unspecified atom stereocenters. The van der Waals surface area contributed by atoms with Crippen molar-refractivity contribution in [3.63, 3.8) is 0 Å². The van der Waals surface area contributed by atoms with Crippen LogP contribution in [0.15, 0.2) is 93.3 Å². The summed E-state index contributed by atoms with van der Waals surface area (Å²) < 4.78 is 11.5. The van der Waals surface area contributed by atoms with E-state index < -0.39 is 0 Å². The number of nitrogens with zero attached hydrogens (tertiary/aromatic N) is 4. The first-order chi connectivity index (χ1) is 22.6. The predicted molar refractivity (Wildman–Crippen MR) is 186 cm³/mol. The monoisotopic (exact) mass is 624 g/mol. The summed E-state index contributed by atoms with van der Waals surface area (Å²) in [4.78, 5) is 12.8. The largest absolute Gasteiger partial charge is 0.494 e. The number of benzene rings is 3. The number of hydrogen-bond donors (Lipinski definition) is 0. The van der Waals surface area contributed by atoms with E-state index in [1.165, 1.54) is 64.2 Å². The molecule has 0 spiro atoms. The summed E-state index contributed by atoms with van der Waals surface area (Å²) in [6.45, 7) is 5.22. The maximum Gasteiger partial charge on any atom is 0.314 e. The molecule has 0 aromatic heterocycles. The highest BCUT2D eigenvalue weighted by Gasteiger charge is 2.27. The van der Waals surface area contributed by atoms with Gasteiger partial charge in [0.15, 0.2) is 0 Å². The Hall–Kier alpha value is -3.87. The van der Waals surface area contributed by atoms with Crippen molar-refractivity contribution in [3.05, 3.63) is 72.8 Å². The second kappa shape index (κ2) is 20.3. The molecule has 0 heterocycles. The van der Waals surface area contributed by atoms with Gasteiger partial charge in [0.1, 0.15) is 11.5 Å². The molecule has 3 aromatic rings. The number of unbranched alkanes of at least 4 members (excludes halogenated alkanes) is 8. The Labute approximate surface area is 275 Å². The van der Waals surface area contributed by atoms with Crippen LogP contribution < -0.4 is 9.47 Å². The third-order valence-corrected chi connectivity index (χ3v) is 8.72. The van der Waals surface area contributed by atoms with Crippen LogP contribution in [0.4, 0.5) is 22.7 Å². The fraction of sp³-hybridized carbons (Fsp3) is 0.513. The number of carbonyl (C=O) groups is 1. The van der Waals surface area contributed by atoms with Gasteiger partial charge >= 0.3 is 5.97 Å². The summed E-state index contributed by atoms with van der Waals surface area (Å²) in [6.07, 6.45) is 18.2. The zero-order valence-electron chi connectivity index (χ0n) is 27.9. The fourth-order valence-electron chi connectivity index (χ4n) is 5.83. The Bertz CT molecular complexity index is 1330. The van der Waals surface area contributed by atoms with Crippen molar-refractivity contribution < 1.29 is 14.3 Å². The SMILES string of the molecule is CCCCCCCOc1ccc(/N=N/c2ccc(/N=N/c3ccc(OC(=O)C4CCC(CCCCCCC)CC4)cc3)cc2)cc1. The number of esters is 1. The molecule has 1 fully saturated rings. The highest BCUT2D eigenvalue weighted by molar-refractivity contribution is 5.75. The molecule has 1 aliphatic rings. The Morgan fingerprint density at radius 2 is 1.00 bits per heavy atom. The summed E-state index contributed by atoms with van der Waals surface area (Å²) in [5, 5.41) is 17.3. The van der Waals surface area contributed by atoms with Crippen molar-refractivity contribution in [2.24, 2.45) is 32.3 Å². The fourth-order valence-corrected chi connectivity index (χ4v) is 5.83. The van der Waals surface area contributed by atoms with Gasteiger partial charge in [-0.25, -0.2) is 0 Å². The maximum absolute atomic E-state index is 12.8. The molecule has 0 aliphatic heterocycles. The molecule has 0 radical (unpaired) electrons. The first-order valence-electron chi connectivity index (χ1n) is 17.6. The number of rotatable bonds is 19. The summed E-state index contributed by atoms with van der Waals surface area (Å²) in [6, 6.07) is 22.3. The van der Waals surface area contributed by atoms with E-state index in [-0.39, 0.29) is 11.9 Å². The first-order valence-corrected chi connectivity index (χ1v) is 17.6. The molecule has 0 N–H and O–H groups in total. The van der Waals surface area contributed by atoms with Gasteiger partial charge in [-0.2, -0.15) is 20.5 Å². The van der Waals surface area contributed by atoms with Crippen LogP contribution in [-0.2, 0) is 4.79 Å². The van der Waals surface area contributed by atoms with Crippen LogP contribution in [-0.4, -0.2) is 12.6 Å². The molecule has 46 heavy (non-hydrogen) atoms. The quantitative estimate of drug-likeness (QED) is 0.0575. The minimum Gasteiger partial charge on any atom is -0.494 e. The van der Waals surface area contributed by atoms with Gasteiger partial charge < -0.3 is 9.47 Å². The van der Waals surface area contributed by atoms with Crippen LogP contribution in [0.3, 0.4) is 0 Å². The molecule has 7 heteroatoms. The standard InChI is InChI=1S/C39H52N4O3/c1-3-5-7-9-11-13-31-14-16-32(17-15-31)39(44)46-38-28-24-36(25-29-38)43-41-34-20-18-33(19-21-34)40-42-35-22-26-37(27-23-35)45-30-12-10-8-6-4-2/h18-29,31-32H,3-17,30H2,1-2H3/b42-40+,43-41+. The third kappa shape index (κ3) is 12.9. The van der Waals surface area contributed by atoms with Crippen LogP contribution in [0.25, 0.3) is 0 Å². The van der Waals surface area contributed by atoms with E-state index in [4.69, 9.17) is 9.47 Å². The van der Waals surface area contributed by atoms with Crippen LogP contribution >= 0.6 is 0 Å². The summed E-state index contributed by atoms with van der Waals surface area (Å²) >= 11 is 0. The van der Waals surface area contributed by atoms with Crippen molar-refractivity contribution in [1.82, 2.24) is 0 Å². The molecular formula is C39H52N4O3. The summed E-state index contributed by atoms with van der Waals surface area (Å²) in [5.41, 5.74) is 2.90. The highest BCUT2D eigenvalue weighted by Crippen LogP contribution is 2.33. The highest BCUT2D eigenvalue weighted by atomic mass is 16.5. The lowest BCUT2D eigenvalue weighted by Gasteiger charge is -2.27. The topological polar surface area (TPSA) is 85.0 Å². The van der Waals surface area contributed by atoms with E-state index in [0.29, 0.717) is 17.1 Å².